The monoisotopic (exact) mass is 312 g/mol. The molecular weight excluding hydrogens is 284 g/mol. The minimum Gasteiger partial charge on any atom is -0.378 e. The van der Waals surface area contributed by atoms with Crippen molar-refractivity contribution < 1.29 is 9.53 Å². The molecule has 1 heterocycles. The van der Waals surface area contributed by atoms with Gasteiger partial charge in [0.25, 0.3) is 0 Å². The van der Waals surface area contributed by atoms with Crippen LogP contribution in [0.4, 0.5) is 4.79 Å². The predicted molar refractivity (Wildman–Crippen MR) is 86.7 cm³/mol. The van der Waals surface area contributed by atoms with Crippen LogP contribution in [0.2, 0.25) is 0 Å². The Hall–Kier alpha value is -0.420. The normalized spacial score (nSPS) is 36.4. The molecule has 1 aliphatic heterocycles. The largest absolute Gasteiger partial charge is 0.378 e. The molecule has 3 aliphatic rings. The Morgan fingerprint density at radius 1 is 1.10 bits per heavy atom. The third-order valence-electron chi connectivity index (χ3n) is 4.92. The molecular formula is C16H28N2O2S. The lowest BCUT2D eigenvalue weighted by molar-refractivity contribution is -0.00917. The number of hydrogen-bond acceptors (Lipinski definition) is 3. The summed E-state index contributed by atoms with van der Waals surface area (Å²) in [5.41, 5.74) is 0. The molecule has 4 unspecified atom stereocenters. The number of nitrogens with one attached hydrogen (secondary N) is 2. The number of amides is 2. The Labute approximate surface area is 132 Å². The van der Waals surface area contributed by atoms with Gasteiger partial charge in [0, 0.05) is 23.9 Å². The van der Waals surface area contributed by atoms with Crippen molar-refractivity contribution >= 4 is 17.8 Å². The van der Waals surface area contributed by atoms with Gasteiger partial charge in [-0.2, -0.15) is 11.8 Å². The number of carbonyl (C=O) groups is 1. The Morgan fingerprint density at radius 3 is 2.57 bits per heavy atom. The van der Waals surface area contributed by atoms with E-state index >= 15 is 0 Å². The van der Waals surface area contributed by atoms with Crippen LogP contribution in [0.1, 0.15) is 51.9 Å². The summed E-state index contributed by atoms with van der Waals surface area (Å²) in [6, 6.07) is 0.697. The van der Waals surface area contributed by atoms with Gasteiger partial charge >= 0.3 is 6.03 Å². The number of hydrogen-bond donors (Lipinski definition) is 2. The highest BCUT2D eigenvalue weighted by Crippen LogP contribution is 2.38. The van der Waals surface area contributed by atoms with Crippen LogP contribution in [-0.4, -0.2) is 41.8 Å². The minimum atomic E-state index is 0.0311. The molecule has 0 aromatic carbocycles. The topological polar surface area (TPSA) is 50.4 Å². The molecule has 2 aliphatic carbocycles. The summed E-state index contributed by atoms with van der Waals surface area (Å²) in [6.45, 7) is 3.00. The van der Waals surface area contributed by atoms with E-state index in [0.717, 1.165) is 43.5 Å². The van der Waals surface area contributed by atoms with E-state index in [2.05, 4.69) is 17.6 Å². The molecule has 4 nitrogen and oxygen atoms in total. The van der Waals surface area contributed by atoms with Crippen LogP contribution in [0, 0.1) is 5.92 Å². The van der Waals surface area contributed by atoms with Gasteiger partial charge in [0.1, 0.15) is 0 Å². The SMILES string of the molecule is CCSC1CCC(NC(=O)NC2CCOC(C3CC3)C2)C1. The van der Waals surface area contributed by atoms with Crippen molar-refractivity contribution in [3.63, 3.8) is 0 Å². The molecule has 0 bridgehead atoms. The molecule has 120 valence electrons. The number of thioether (sulfide) groups is 1. The maximum absolute atomic E-state index is 12.2. The lowest BCUT2D eigenvalue weighted by Crippen LogP contribution is -2.48. The zero-order valence-corrected chi connectivity index (χ0v) is 13.8. The van der Waals surface area contributed by atoms with Gasteiger partial charge in [0.05, 0.1) is 6.10 Å². The van der Waals surface area contributed by atoms with E-state index in [0.29, 0.717) is 18.2 Å². The van der Waals surface area contributed by atoms with Crippen molar-refractivity contribution in [3.05, 3.63) is 0 Å². The van der Waals surface area contributed by atoms with Crippen molar-refractivity contribution in [1.29, 1.82) is 0 Å². The van der Waals surface area contributed by atoms with Crippen LogP contribution in [0.3, 0.4) is 0 Å². The Bertz CT molecular complexity index is 362. The molecule has 0 aromatic heterocycles. The van der Waals surface area contributed by atoms with Gasteiger partial charge in [-0.25, -0.2) is 4.79 Å². The molecule has 4 atom stereocenters. The Morgan fingerprint density at radius 2 is 1.86 bits per heavy atom. The molecule has 2 amide bonds. The summed E-state index contributed by atoms with van der Waals surface area (Å²) in [5.74, 6) is 1.94. The Balaban J connectivity index is 1.37. The second-order valence-corrected chi connectivity index (χ2v) is 8.25. The van der Waals surface area contributed by atoms with E-state index in [1.807, 2.05) is 11.8 Å². The van der Waals surface area contributed by atoms with Gasteiger partial charge in [-0.15, -0.1) is 0 Å². The highest BCUT2D eigenvalue weighted by Gasteiger charge is 2.36. The van der Waals surface area contributed by atoms with Crippen LogP contribution in [0.5, 0.6) is 0 Å². The van der Waals surface area contributed by atoms with E-state index in [1.165, 1.54) is 25.0 Å². The average Bonchev–Trinajstić information content (AvgIpc) is 3.22. The molecule has 3 rings (SSSR count). The molecule has 0 spiro atoms. The summed E-state index contributed by atoms with van der Waals surface area (Å²) in [4.78, 5) is 12.2. The van der Waals surface area contributed by atoms with E-state index in [-0.39, 0.29) is 6.03 Å². The first-order valence-corrected chi connectivity index (χ1v) is 9.59. The summed E-state index contributed by atoms with van der Waals surface area (Å²) < 4.78 is 5.81. The fraction of sp³-hybridized carbons (Fsp3) is 0.938. The fourth-order valence-electron chi connectivity index (χ4n) is 3.63. The molecule has 0 radical (unpaired) electrons. The van der Waals surface area contributed by atoms with Gasteiger partial charge in [-0.05, 0) is 56.6 Å². The van der Waals surface area contributed by atoms with Crippen LogP contribution in [0.25, 0.3) is 0 Å². The number of ether oxygens (including phenoxy) is 1. The smallest absolute Gasteiger partial charge is 0.315 e. The molecule has 2 saturated carbocycles. The zero-order chi connectivity index (χ0) is 14.7. The molecule has 3 fully saturated rings. The average molecular weight is 312 g/mol. The van der Waals surface area contributed by atoms with E-state index < -0.39 is 0 Å². The van der Waals surface area contributed by atoms with Crippen molar-refractivity contribution in [2.24, 2.45) is 5.92 Å². The van der Waals surface area contributed by atoms with E-state index in [9.17, 15) is 4.79 Å². The maximum Gasteiger partial charge on any atom is 0.315 e. The van der Waals surface area contributed by atoms with Crippen LogP contribution < -0.4 is 10.6 Å². The third kappa shape index (κ3) is 4.52. The van der Waals surface area contributed by atoms with Gasteiger partial charge in [0.15, 0.2) is 0 Å². The van der Waals surface area contributed by atoms with Crippen LogP contribution in [0.15, 0.2) is 0 Å². The maximum atomic E-state index is 12.2. The Kier molecular flexibility index (Phi) is 5.33. The molecule has 2 N–H and O–H groups in total. The minimum absolute atomic E-state index is 0.0311. The second-order valence-electron chi connectivity index (χ2n) is 6.67. The number of urea groups is 1. The highest BCUT2D eigenvalue weighted by atomic mass is 32.2. The first kappa shape index (κ1) is 15.5. The lowest BCUT2D eigenvalue weighted by Gasteiger charge is -2.30. The van der Waals surface area contributed by atoms with E-state index in [4.69, 9.17) is 4.74 Å². The van der Waals surface area contributed by atoms with Gasteiger partial charge < -0.3 is 15.4 Å². The van der Waals surface area contributed by atoms with E-state index in [1.54, 1.807) is 0 Å². The van der Waals surface area contributed by atoms with Crippen molar-refractivity contribution in [3.8, 4) is 0 Å². The molecule has 1 saturated heterocycles. The van der Waals surface area contributed by atoms with Gasteiger partial charge in [-0.1, -0.05) is 6.92 Å². The van der Waals surface area contributed by atoms with Crippen LogP contribution in [-0.2, 0) is 4.74 Å². The lowest BCUT2D eigenvalue weighted by atomic mass is 10.0. The summed E-state index contributed by atoms with van der Waals surface area (Å²) in [6.07, 6.45) is 8.45. The molecule has 5 heteroatoms. The highest BCUT2D eigenvalue weighted by molar-refractivity contribution is 7.99. The number of carbonyl (C=O) groups excluding carboxylic acids is 1. The first-order chi connectivity index (χ1) is 10.2. The second kappa shape index (κ2) is 7.23. The summed E-state index contributed by atoms with van der Waals surface area (Å²) >= 11 is 2.03. The van der Waals surface area contributed by atoms with Crippen molar-refractivity contribution in [2.45, 2.75) is 75.3 Å². The summed E-state index contributed by atoms with van der Waals surface area (Å²) in [7, 11) is 0. The van der Waals surface area contributed by atoms with Gasteiger partial charge in [0.2, 0.25) is 0 Å². The quantitative estimate of drug-likeness (QED) is 0.820. The molecule has 0 aromatic rings. The molecule has 21 heavy (non-hydrogen) atoms. The predicted octanol–water partition coefficient (Wildman–Crippen LogP) is 2.92. The summed E-state index contributed by atoms with van der Waals surface area (Å²) in [5, 5.41) is 7.08. The fourth-order valence-corrected chi connectivity index (χ4v) is 4.77. The third-order valence-corrected chi connectivity index (χ3v) is 6.15. The number of rotatable bonds is 5. The van der Waals surface area contributed by atoms with Crippen molar-refractivity contribution in [1.82, 2.24) is 10.6 Å². The van der Waals surface area contributed by atoms with Crippen molar-refractivity contribution in [2.75, 3.05) is 12.4 Å². The van der Waals surface area contributed by atoms with Gasteiger partial charge in [-0.3, -0.25) is 0 Å². The first-order valence-electron chi connectivity index (χ1n) is 8.54. The standard InChI is InChI=1S/C16H28N2O2S/c1-2-21-14-6-5-12(9-14)17-16(19)18-13-7-8-20-15(10-13)11-3-4-11/h11-15H,2-10H2,1H3,(H2,17,18,19). The van der Waals surface area contributed by atoms with Crippen LogP contribution >= 0.6 is 11.8 Å². The zero-order valence-electron chi connectivity index (χ0n) is 13.0.